The Balaban J connectivity index is 2.08. The lowest BCUT2D eigenvalue weighted by atomic mass is 10.2. The number of carbonyl (C=O) groups excluding carboxylic acids is 1. The first-order valence-corrected chi connectivity index (χ1v) is 5.11. The summed E-state index contributed by atoms with van der Waals surface area (Å²) in [5.41, 5.74) is 0.673. The zero-order chi connectivity index (χ0) is 11.5. The highest BCUT2D eigenvalue weighted by molar-refractivity contribution is 5.96. The molecule has 1 aliphatic carbocycles. The third kappa shape index (κ3) is 2.56. The molecule has 1 heterocycles. The van der Waals surface area contributed by atoms with Crippen LogP contribution >= 0.6 is 0 Å². The second-order valence-corrected chi connectivity index (χ2v) is 3.85. The molecule has 0 atom stereocenters. The van der Waals surface area contributed by atoms with Gasteiger partial charge in [-0.1, -0.05) is 0 Å². The van der Waals surface area contributed by atoms with E-state index in [4.69, 9.17) is 5.11 Å². The number of carboxylic acid groups (broad SMARTS) is 1. The molecule has 0 radical (unpaired) electrons. The van der Waals surface area contributed by atoms with E-state index in [-0.39, 0.29) is 17.4 Å². The summed E-state index contributed by atoms with van der Waals surface area (Å²) >= 11 is 0. The van der Waals surface area contributed by atoms with Gasteiger partial charge in [0.15, 0.2) is 0 Å². The number of allylic oxidation sites excluding steroid dienone is 1. The van der Waals surface area contributed by atoms with Crippen LogP contribution in [-0.2, 0) is 9.59 Å². The van der Waals surface area contributed by atoms with Crippen molar-refractivity contribution < 1.29 is 14.7 Å². The molecule has 1 amide bonds. The number of nitrogens with zero attached hydrogens (tertiary/aromatic N) is 1. The average molecular weight is 220 g/mol. The third-order valence-electron chi connectivity index (χ3n) is 2.43. The molecule has 0 aromatic rings. The van der Waals surface area contributed by atoms with Crippen LogP contribution in [-0.4, -0.2) is 29.7 Å². The van der Waals surface area contributed by atoms with E-state index >= 15 is 0 Å². The number of nitrogens with one attached hydrogen (secondary N) is 1. The van der Waals surface area contributed by atoms with E-state index in [1.54, 1.807) is 0 Å². The van der Waals surface area contributed by atoms with Gasteiger partial charge in [-0.05, 0) is 25.0 Å². The maximum absolute atomic E-state index is 11.5. The Morgan fingerprint density at radius 3 is 2.81 bits per heavy atom. The van der Waals surface area contributed by atoms with E-state index in [1.165, 1.54) is 18.4 Å². The van der Waals surface area contributed by atoms with Crippen LogP contribution < -0.4 is 5.32 Å². The first-order valence-electron chi connectivity index (χ1n) is 5.11. The number of hydrogen-bond donors (Lipinski definition) is 2. The molecular weight excluding hydrogens is 208 g/mol. The molecule has 0 spiro atoms. The molecule has 0 aromatic carbocycles. The monoisotopic (exact) mass is 220 g/mol. The lowest BCUT2D eigenvalue weighted by Crippen LogP contribution is -2.25. The molecule has 0 saturated heterocycles. The summed E-state index contributed by atoms with van der Waals surface area (Å²) in [7, 11) is 0. The Bertz CT molecular complexity index is 417. The number of aliphatic imine (C=N–C) groups is 1. The van der Waals surface area contributed by atoms with E-state index in [0.717, 1.165) is 12.8 Å². The summed E-state index contributed by atoms with van der Waals surface area (Å²) in [6.07, 6.45) is 6.15. The highest BCUT2D eigenvalue weighted by Crippen LogP contribution is 2.29. The number of carboxylic acids is 1. The topological polar surface area (TPSA) is 78.8 Å². The number of aliphatic carboxylic acids is 1. The van der Waals surface area contributed by atoms with E-state index in [9.17, 15) is 9.59 Å². The number of carbonyl (C=O) groups is 2. The van der Waals surface area contributed by atoms with Crippen LogP contribution in [0.25, 0.3) is 0 Å². The number of amides is 1. The molecule has 2 aliphatic rings. The fraction of sp³-hybridized carbons (Fsp3) is 0.364. The van der Waals surface area contributed by atoms with E-state index in [2.05, 4.69) is 10.3 Å². The maximum Gasteiger partial charge on any atom is 0.335 e. The summed E-state index contributed by atoms with van der Waals surface area (Å²) in [5.74, 6) is -0.954. The molecule has 0 unspecified atom stereocenters. The van der Waals surface area contributed by atoms with Crippen LogP contribution in [0.4, 0.5) is 0 Å². The summed E-state index contributed by atoms with van der Waals surface area (Å²) in [5, 5.41) is 11.6. The van der Waals surface area contributed by atoms with Crippen molar-refractivity contribution in [3.8, 4) is 0 Å². The molecule has 16 heavy (non-hydrogen) atoms. The average Bonchev–Trinajstić information content (AvgIpc) is 3.04. The summed E-state index contributed by atoms with van der Waals surface area (Å²) in [6, 6.07) is 0. The standard InChI is InChI=1S/C11H12N2O3/c14-10(7-1-2-7)13-9-5-8(11(15)16)3-4-12-6-9/h3-5,7H,1-2,6H2,(H,13,14)(H,15,16). The summed E-state index contributed by atoms with van der Waals surface area (Å²) in [6.45, 7) is 0.311. The number of rotatable bonds is 3. The molecule has 1 aliphatic heterocycles. The Morgan fingerprint density at radius 1 is 1.44 bits per heavy atom. The van der Waals surface area contributed by atoms with Crippen molar-refractivity contribution >= 4 is 18.1 Å². The minimum Gasteiger partial charge on any atom is -0.478 e. The zero-order valence-corrected chi connectivity index (χ0v) is 8.64. The van der Waals surface area contributed by atoms with Crippen molar-refractivity contribution in [2.24, 2.45) is 10.9 Å². The largest absolute Gasteiger partial charge is 0.478 e. The second kappa shape index (κ2) is 4.30. The second-order valence-electron chi connectivity index (χ2n) is 3.85. The molecule has 1 saturated carbocycles. The quantitative estimate of drug-likeness (QED) is 0.726. The van der Waals surface area contributed by atoms with Gasteiger partial charge in [0.05, 0.1) is 12.1 Å². The highest BCUT2D eigenvalue weighted by Gasteiger charge is 2.30. The van der Waals surface area contributed by atoms with Gasteiger partial charge in [-0.2, -0.15) is 0 Å². The smallest absolute Gasteiger partial charge is 0.335 e. The number of hydrogen-bond acceptors (Lipinski definition) is 3. The van der Waals surface area contributed by atoms with Crippen LogP contribution in [0.1, 0.15) is 12.8 Å². The molecular formula is C11H12N2O3. The molecule has 0 aromatic heterocycles. The predicted octanol–water partition coefficient (Wildman–Crippen LogP) is 0.492. The molecule has 2 rings (SSSR count). The van der Waals surface area contributed by atoms with Crippen molar-refractivity contribution in [3.05, 3.63) is 23.4 Å². The van der Waals surface area contributed by atoms with Crippen molar-refractivity contribution in [2.45, 2.75) is 12.8 Å². The molecule has 84 valence electrons. The van der Waals surface area contributed by atoms with Gasteiger partial charge >= 0.3 is 5.97 Å². The van der Waals surface area contributed by atoms with Gasteiger partial charge in [-0.15, -0.1) is 0 Å². The van der Waals surface area contributed by atoms with E-state index in [1.807, 2.05) is 0 Å². The van der Waals surface area contributed by atoms with Gasteiger partial charge in [0, 0.05) is 17.8 Å². The fourth-order valence-corrected chi connectivity index (χ4v) is 1.38. The van der Waals surface area contributed by atoms with Crippen LogP contribution in [0, 0.1) is 5.92 Å². The fourth-order valence-electron chi connectivity index (χ4n) is 1.38. The third-order valence-corrected chi connectivity index (χ3v) is 2.43. The summed E-state index contributed by atoms with van der Waals surface area (Å²) in [4.78, 5) is 26.3. The van der Waals surface area contributed by atoms with E-state index in [0.29, 0.717) is 12.2 Å². The highest BCUT2D eigenvalue weighted by atomic mass is 16.4. The van der Waals surface area contributed by atoms with Crippen LogP contribution in [0.3, 0.4) is 0 Å². The zero-order valence-electron chi connectivity index (χ0n) is 8.64. The summed E-state index contributed by atoms with van der Waals surface area (Å²) < 4.78 is 0. The van der Waals surface area contributed by atoms with Crippen molar-refractivity contribution in [2.75, 3.05) is 6.54 Å². The van der Waals surface area contributed by atoms with Crippen LogP contribution in [0.5, 0.6) is 0 Å². The van der Waals surface area contributed by atoms with E-state index < -0.39 is 5.97 Å². The lowest BCUT2D eigenvalue weighted by Gasteiger charge is -2.06. The molecule has 1 fully saturated rings. The predicted molar refractivity (Wildman–Crippen MR) is 58.0 cm³/mol. The molecule has 0 bridgehead atoms. The van der Waals surface area contributed by atoms with Gasteiger partial charge < -0.3 is 10.4 Å². The first kappa shape index (κ1) is 10.6. The molecule has 2 N–H and O–H groups in total. The molecule has 5 nitrogen and oxygen atoms in total. The van der Waals surface area contributed by atoms with Gasteiger partial charge in [0.25, 0.3) is 0 Å². The van der Waals surface area contributed by atoms with Crippen molar-refractivity contribution in [1.82, 2.24) is 5.32 Å². The van der Waals surface area contributed by atoms with Crippen molar-refractivity contribution in [1.29, 1.82) is 0 Å². The Morgan fingerprint density at radius 2 is 2.19 bits per heavy atom. The SMILES string of the molecule is O=C(O)C1=CC=NCC(NC(=O)C2CC2)=C1. The lowest BCUT2D eigenvalue weighted by molar-refractivity contribution is -0.132. The van der Waals surface area contributed by atoms with Gasteiger partial charge in [-0.25, -0.2) is 4.79 Å². The van der Waals surface area contributed by atoms with Crippen molar-refractivity contribution in [3.63, 3.8) is 0 Å². The first-order chi connectivity index (χ1) is 7.66. The Labute approximate surface area is 92.6 Å². The minimum absolute atomic E-state index is 0.0342. The van der Waals surface area contributed by atoms with Crippen LogP contribution in [0.15, 0.2) is 28.4 Å². The normalized spacial score (nSPS) is 19.5. The van der Waals surface area contributed by atoms with Gasteiger partial charge in [0.2, 0.25) is 5.91 Å². The Hall–Kier alpha value is -1.91. The van der Waals surface area contributed by atoms with Gasteiger partial charge in [0.1, 0.15) is 0 Å². The van der Waals surface area contributed by atoms with Gasteiger partial charge in [-0.3, -0.25) is 9.79 Å². The van der Waals surface area contributed by atoms with Crippen LogP contribution in [0.2, 0.25) is 0 Å². The Kier molecular flexibility index (Phi) is 2.85. The minimum atomic E-state index is -1.02. The molecule has 5 heteroatoms. The maximum atomic E-state index is 11.5.